The Balaban J connectivity index is 0.00000650. The Bertz CT molecular complexity index is 2030. The van der Waals surface area contributed by atoms with Crippen molar-refractivity contribution in [1.82, 2.24) is 19.9 Å². The third kappa shape index (κ3) is 8.53. The van der Waals surface area contributed by atoms with Crippen LogP contribution in [0.4, 0.5) is 0 Å². The van der Waals surface area contributed by atoms with Crippen LogP contribution in [0.2, 0.25) is 0 Å². The molecule has 3 aromatic rings. The van der Waals surface area contributed by atoms with Crippen molar-refractivity contribution >= 4 is 44.4 Å². The molecule has 0 aromatic carbocycles. The summed E-state index contributed by atoms with van der Waals surface area (Å²) < 4.78 is 0. The Labute approximate surface area is 338 Å². The van der Waals surface area contributed by atoms with Gasteiger partial charge in [0.15, 0.2) is 0 Å². The summed E-state index contributed by atoms with van der Waals surface area (Å²) in [6.07, 6.45) is 21.3. The summed E-state index contributed by atoms with van der Waals surface area (Å²) in [5, 5.41) is 0. The zero-order valence-corrected chi connectivity index (χ0v) is 36.0. The van der Waals surface area contributed by atoms with Crippen LogP contribution in [0.15, 0.2) is 37.4 Å². The van der Waals surface area contributed by atoms with E-state index in [1.54, 1.807) is 0 Å². The molecule has 0 N–H and O–H groups in total. The number of unbranched alkanes of at least 4 members (excludes halogenated alkanes) is 5. The van der Waals surface area contributed by atoms with E-state index in [1.807, 2.05) is 12.2 Å². The fraction of sp³-hybridized carbons (Fsp3) is 0.510. The van der Waals surface area contributed by atoms with Crippen LogP contribution in [0, 0.1) is 0 Å². The van der Waals surface area contributed by atoms with Gasteiger partial charge in [-0.05, 0) is 136 Å². The van der Waals surface area contributed by atoms with E-state index in [4.69, 9.17) is 19.9 Å². The van der Waals surface area contributed by atoms with Crippen molar-refractivity contribution in [3.05, 3.63) is 93.6 Å². The fourth-order valence-electron chi connectivity index (χ4n) is 9.10. The molecular weight excluding hydrogens is 700 g/mol. The Morgan fingerprint density at radius 2 is 0.833 bits per heavy atom. The van der Waals surface area contributed by atoms with Gasteiger partial charge in [0.25, 0.3) is 0 Å². The van der Waals surface area contributed by atoms with Crippen molar-refractivity contribution in [2.45, 2.75) is 165 Å². The molecule has 0 unspecified atom stereocenters. The maximum atomic E-state index is 5.63. The van der Waals surface area contributed by atoms with Crippen LogP contribution in [0.3, 0.4) is 0 Å². The standard InChI is InChI=1S/C49H66N4.Fe/c1-11-21-23-25-27-29-41-48-38(19-9)34(15-5)44(52-48)30-42-32(13-3)36(17-7)46(50-42)40(28-26-24-22-12-2)47-37(18-8)33(14-4)43(51-47)31-45-35(16-6)39(20-10)49(41)53-45;/h11-12,30-31H,1-2,13-29H2,3-10H3;/q-2;+2. The van der Waals surface area contributed by atoms with Gasteiger partial charge in [0, 0.05) is 0 Å². The predicted octanol–water partition coefficient (Wildman–Crippen LogP) is 13.5. The zero-order chi connectivity index (χ0) is 38.1. The van der Waals surface area contributed by atoms with Crippen LogP contribution in [0.25, 0.3) is 44.4 Å². The molecule has 5 heterocycles. The van der Waals surface area contributed by atoms with E-state index >= 15 is 0 Å². The van der Waals surface area contributed by atoms with Gasteiger partial charge in [0.1, 0.15) is 0 Å². The molecule has 5 rings (SSSR count). The molecule has 0 aliphatic carbocycles. The van der Waals surface area contributed by atoms with Crippen molar-refractivity contribution in [3.8, 4) is 0 Å². The third-order valence-electron chi connectivity index (χ3n) is 11.7. The molecule has 0 spiro atoms. The summed E-state index contributed by atoms with van der Waals surface area (Å²) >= 11 is 0. The minimum absolute atomic E-state index is 0. The second kappa shape index (κ2) is 20.5. The van der Waals surface area contributed by atoms with E-state index < -0.39 is 0 Å². The van der Waals surface area contributed by atoms with Gasteiger partial charge in [0.2, 0.25) is 0 Å². The maximum absolute atomic E-state index is 5.63. The smallest absolute Gasteiger partial charge is 0.657 e. The summed E-state index contributed by atoms with van der Waals surface area (Å²) in [6, 6.07) is 4.67. The van der Waals surface area contributed by atoms with Crippen molar-refractivity contribution in [2.24, 2.45) is 0 Å². The van der Waals surface area contributed by atoms with Crippen LogP contribution >= 0.6 is 0 Å². The molecule has 0 amide bonds. The molecule has 0 atom stereocenters. The molecule has 0 saturated carbocycles. The molecule has 5 heteroatoms. The van der Waals surface area contributed by atoms with E-state index in [2.05, 4.69) is 80.7 Å². The predicted molar refractivity (Wildman–Crippen MR) is 231 cm³/mol. The first-order valence-corrected chi connectivity index (χ1v) is 21.3. The van der Waals surface area contributed by atoms with E-state index in [1.165, 1.54) is 79.7 Å². The molecule has 290 valence electrons. The Morgan fingerprint density at radius 3 is 1.19 bits per heavy atom. The van der Waals surface area contributed by atoms with Gasteiger partial charge >= 0.3 is 17.1 Å². The average molecular weight is 767 g/mol. The number of hydrogen-bond acceptors (Lipinski definition) is 2. The largest absolute Gasteiger partial charge is 2.00 e. The van der Waals surface area contributed by atoms with Crippen molar-refractivity contribution < 1.29 is 17.1 Å². The topological polar surface area (TPSA) is 54.0 Å². The van der Waals surface area contributed by atoms with Crippen LogP contribution in [-0.4, -0.2) is 9.97 Å². The minimum atomic E-state index is 0. The van der Waals surface area contributed by atoms with Crippen LogP contribution in [0.5, 0.6) is 0 Å². The van der Waals surface area contributed by atoms with Crippen molar-refractivity contribution in [3.63, 3.8) is 0 Å². The summed E-state index contributed by atoms with van der Waals surface area (Å²) in [5.74, 6) is 0. The average Bonchev–Trinajstić information content (AvgIpc) is 3.91. The number of nitrogens with zero attached hydrogens (tertiary/aromatic N) is 4. The molecule has 0 radical (unpaired) electrons. The molecule has 3 aromatic heterocycles. The summed E-state index contributed by atoms with van der Waals surface area (Å²) in [5.41, 5.74) is 22.6. The first kappa shape index (κ1) is 43.3. The number of aryl methyl sites for hydroxylation is 6. The molecule has 0 saturated heterocycles. The summed E-state index contributed by atoms with van der Waals surface area (Å²) in [7, 11) is 0. The Hall–Kier alpha value is -3.40. The van der Waals surface area contributed by atoms with Gasteiger partial charge in [-0.1, -0.05) is 108 Å². The van der Waals surface area contributed by atoms with Gasteiger partial charge in [-0.15, -0.1) is 35.2 Å². The van der Waals surface area contributed by atoms with Gasteiger partial charge in [-0.2, -0.15) is 0 Å². The SMILES string of the molecule is C=CCCCCCc1c2nc(cc3[n-]c(c(CCCCC=C)c4nc(cc5[n-]c1c(CC)c5CC)C(CC)=C4CC)c(CC)c3CC)C(CC)=C2CC.[Fe+2]. The number of rotatable bonds is 19. The first-order valence-electron chi connectivity index (χ1n) is 21.3. The van der Waals surface area contributed by atoms with E-state index in [0.29, 0.717) is 0 Å². The Morgan fingerprint density at radius 1 is 0.463 bits per heavy atom. The summed E-state index contributed by atoms with van der Waals surface area (Å²) in [4.78, 5) is 22.5. The molecule has 54 heavy (non-hydrogen) atoms. The first-order chi connectivity index (χ1) is 25.9. The van der Waals surface area contributed by atoms with Crippen molar-refractivity contribution in [1.29, 1.82) is 0 Å². The third-order valence-corrected chi connectivity index (χ3v) is 11.7. The number of hydrogen-bond donors (Lipinski definition) is 0. The number of fused-ring (bicyclic) bond motifs is 8. The van der Waals surface area contributed by atoms with Crippen molar-refractivity contribution in [2.75, 3.05) is 0 Å². The summed E-state index contributed by atoms with van der Waals surface area (Å²) in [6.45, 7) is 26.4. The second-order valence-corrected chi connectivity index (χ2v) is 14.7. The van der Waals surface area contributed by atoms with Crippen LogP contribution in [0.1, 0.15) is 182 Å². The molecular formula is C49H66FeN4. The second-order valence-electron chi connectivity index (χ2n) is 14.7. The fourth-order valence-corrected chi connectivity index (χ4v) is 9.10. The molecule has 8 bridgehead atoms. The molecule has 4 nitrogen and oxygen atoms in total. The van der Waals surface area contributed by atoms with E-state index in [0.717, 1.165) is 130 Å². The van der Waals surface area contributed by atoms with Crippen LogP contribution in [-0.2, 0) is 55.6 Å². The number of aromatic nitrogens is 4. The zero-order valence-electron chi connectivity index (χ0n) is 34.9. The quantitative estimate of drug-likeness (QED) is 0.0693. The minimum Gasteiger partial charge on any atom is -0.657 e. The van der Waals surface area contributed by atoms with Crippen LogP contribution < -0.4 is 9.97 Å². The molecule has 0 fully saturated rings. The van der Waals surface area contributed by atoms with Gasteiger partial charge in [-0.25, -0.2) is 9.97 Å². The molecule has 2 aliphatic rings. The van der Waals surface area contributed by atoms with Gasteiger partial charge < -0.3 is 9.97 Å². The van der Waals surface area contributed by atoms with E-state index in [-0.39, 0.29) is 17.1 Å². The normalized spacial score (nSPS) is 12.8. The van der Waals surface area contributed by atoms with E-state index in [9.17, 15) is 0 Å². The molecule has 2 aliphatic heterocycles. The maximum Gasteiger partial charge on any atom is 2.00 e. The van der Waals surface area contributed by atoms with Gasteiger partial charge in [0.05, 0.1) is 22.8 Å². The van der Waals surface area contributed by atoms with Gasteiger partial charge in [-0.3, -0.25) is 0 Å². The monoisotopic (exact) mass is 766 g/mol. The Kier molecular flexibility index (Phi) is 16.4. The number of allylic oxidation sites excluding steroid dienone is 6.